The largest absolute Gasteiger partial charge is 0.444 e. The topological polar surface area (TPSA) is 83.9 Å². The first-order chi connectivity index (χ1) is 16.2. The molecule has 8 heteroatoms. The van der Waals surface area contributed by atoms with E-state index in [1.807, 2.05) is 75.7 Å². The maximum atomic E-state index is 12.3. The summed E-state index contributed by atoms with van der Waals surface area (Å²) in [4.78, 5) is 23.3. The van der Waals surface area contributed by atoms with E-state index in [9.17, 15) is 4.79 Å². The Labute approximate surface area is 197 Å². The number of ether oxygens (including phenoxy) is 1. The lowest BCUT2D eigenvalue weighted by Gasteiger charge is -2.29. The summed E-state index contributed by atoms with van der Waals surface area (Å²) in [7, 11) is 0. The molecule has 4 aromatic rings. The van der Waals surface area contributed by atoms with Crippen LogP contribution in [-0.4, -0.2) is 49.2 Å². The molecule has 5 rings (SSSR count). The van der Waals surface area contributed by atoms with Crippen molar-refractivity contribution < 1.29 is 14.1 Å². The van der Waals surface area contributed by atoms with Crippen LogP contribution in [-0.2, 0) is 4.74 Å². The Morgan fingerprint density at radius 3 is 2.65 bits per heavy atom. The van der Waals surface area contributed by atoms with Gasteiger partial charge < -0.3 is 14.0 Å². The highest BCUT2D eigenvalue weighted by Gasteiger charge is 2.25. The third kappa shape index (κ3) is 4.35. The molecule has 8 nitrogen and oxygen atoms in total. The fourth-order valence-corrected chi connectivity index (χ4v) is 4.20. The molecule has 1 aromatic carbocycles. The van der Waals surface area contributed by atoms with E-state index < -0.39 is 5.60 Å². The molecule has 0 atom stereocenters. The van der Waals surface area contributed by atoms with E-state index in [1.165, 1.54) is 0 Å². The minimum absolute atomic E-state index is 0.281. The summed E-state index contributed by atoms with van der Waals surface area (Å²) in [5.41, 5.74) is 6.88. The zero-order chi connectivity index (χ0) is 24.0. The molecule has 1 amide bonds. The van der Waals surface area contributed by atoms with Gasteiger partial charge in [0.25, 0.3) is 5.82 Å². The van der Waals surface area contributed by atoms with Crippen molar-refractivity contribution in [3.05, 3.63) is 59.7 Å². The van der Waals surface area contributed by atoms with Gasteiger partial charge in [-0.2, -0.15) is 0 Å². The van der Waals surface area contributed by atoms with Crippen LogP contribution in [0.15, 0.2) is 47.3 Å². The second-order valence-electron chi connectivity index (χ2n) is 9.70. The van der Waals surface area contributed by atoms with Gasteiger partial charge >= 0.3 is 11.7 Å². The summed E-state index contributed by atoms with van der Waals surface area (Å²) in [6, 6.07) is 7.97. The average Bonchev–Trinajstić information content (AvgIpc) is 3.22. The number of aryl methyl sites for hydroxylation is 2. The minimum atomic E-state index is -0.498. The third-order valence-corrected chi connectivity index (χ3v) is 5.80. The first-order valence-electron chi connectivity index (χ1n) is 11.4. The Kier molecular flexibility index (Phi) is 5.31. The third-order valence-electron chi connectivity index (χ3n) is 5.80. The Balaban J connectivity index is 1.38. The van der Waals surface area contributed by atoms with Crippen LogP contribution in [0.25, 0.3) is 33.6 Å². The summed E-state index contributed by atoms with van der Waals surface area (Å²) in [6.07, 6.45) is 6.50. The molecule has 0 unspecified atom stereocenters. The normalized spacial score (nSPS) is 14.5. The van der Waals surface area contributed by atoms with Gasteiger partial charge in [0.2, 0.25) is 0 Å². The highest BCUT2D eigenvalue weighted by atomic mass is 16.6. The van der Waals surface area contributed by atoms with E-state index in [4.69, 9.17) is 14.2 Å². The molecule has 34 heavy (non-hydrogen) atoms. The summed E-state index contributed by atoms with van der Waals surface area (Å²) in [5.74, 6) is 0.533. The van der Waals surface area contributed by atoms with Crippen LogP contribution in [0.5, 0.6) is 0 Å². The zero-order valence-electron chi connectivity index (χ0n) is 20.1. The average molecular weight is 459 g/mol. The number of rotatable bonds is 2. The Bertz CT molecular complexity index is 1450. The molecule has 3 aromatic heterocycles. The van der Waals surface area contributed by atoms with Gasteiger partial charge in [0.1, 0.15) is 5.60 Å². The fraction of sp³-hybridized carbons (Fsp3) is 0.346. The number of benzene rings is 1. The van der Waals surface area contributed by atoms with Crippen LogP contribution >= 0.6 is 0 Å². The van der Waals surface area contributed by atoms with E-state index in [1.54, 1.807) is 4.90 Å². The molecular formula is C26H28N5O3+. The van der Waals surface area contributed by atoms with Crippen LogP contribution in [0.2, 0.25) is 0 Å². The summed E-state index contributed by atoms with van der Waals surface area (Å²) in [5, 5.41) is 4.27. The number of nitrogens with zero attached hydrogens (tertiary/aromatic N) is 5. The van der Waals surface area contributed by atoms with Gasteiger partial charge in [-0.05, 0) is 64.3 Å². The number of amides is 1. The Hall–Kier alpha value is -3.81. The van der Waals surface area contributed by atoms with Gasteiger partial charge in [-0.3, -0.25) is 4.98 Å². The van der Waals surface area contributed by atoms with Crippen LogP contribution in [0.3, 0.4) is 0 Å². The highest BCUT2D eigenvalue weighted by molar-refractivity contribution is 5.81. The lowest BCUT2D eigenvalue weighted by Crippen LogP contribution is -2.39. The van der Waals surface area contributed by atoms with Gasteiger partial charge in [-0.1, -0.05) is 16.7 Å². The van der Waals surface area contributed by atoms with Crippen molar-refractivity contribution in [2.24, 2.45) is 0 Å². The van der Waals surface area contributed by atoms with E-state index in [0.29, 0.717) is 24.5 Å². The Morgan fingerprint density at radius 2 is 1.91 bits per heavy atom. The molecule has 0 bridgehead atoms. The predicted molar refractivity (Wildman–Crippen MR) is 130 cm³/mol. The molecule has 1 aliphatic heterocycles. The van der Waals surface area contributed by atoms with Crippen molar-refractivity contribution in [3.63, 3.8) is 0 Å². The number of hydrogen-bond donors (Lipinski definition) is 0. The number of carbonyl (C=O) groups excluding carboxylic acids is 1. The van der Waals surface area contributed by atoms with Crippen LogP contribution in [0, 0.1) is 13.8 Å². The SMILES string of the molecule is Cc1cn2cc(-c3n[o+]c4cc(C5=CCN(C(=O)OC(C)(C)C)CC5)ccc4n3)cc2c(C)n1. The lowest BCUT2D eigenvalue weighted by molar-refractivity contribution is 0.0270. The maximum absolute atomic E-state index is 12.3. The molecule has 0 saturated heterocycles. The first-order valence-corrected chi connectivity index (χ1v) is 11.4. The number of aromatic nitrogens is 4. The van der Waals surface area contributed by atoms with Crippen molar-refractivity contribution in [1.82, 2.24) is 24.4 Å². The standard InChI is InChI=1S/C26H28N5O3/c1-16-14-31-15-20(12-22(31)17(2)27-16)24-28-21-7-6-19(13-23(21)34-29-24)18-8-10-30(11-9-18)25(32)33-26(3,4)5/h6-8,12-15H,9-11H2,1-5H3/q+1. The summed E-state index contributed by atoms with van der Waals surface area (Å²) >= 11 is 0. The molecule has 0 aliphatic carbocycles. The van der Waals surface area contributed by atoms with E-state index in [-0.39, 0.29) is 6.09 Å². The molecule has 0 spiro atoms. The predicted octanol–water partition coefficient (Wildman–Crippen LogP) is 5.46. The minimum Gasteiger partial charge on any atom is -0.444 e. The highest BCUT2D eigenvalue weighted by Crippen LogP contribution is 2.28. The molecule has 0 saturated carbocycles. The van der Waals surface area contributed by atoms with Gasteiger partial charge in [-0.15, -0.1) is 0 Å². The maximum Gasteiger partial charge on any atom is 0.425 e. The second kappa shape index (κ2) is 8.20. The molecule has 1 aliphatic rings. The van der Waals surface area contributed by atoms with Gasteiger partial charge in [0.15, 0.2) is 10.7 Å². The second-order valence-corrected chi connectivity index (χ2v) is 9.70. The van der Waals surface area contributed by atoms with Crippen LogP contribution in [0.1, 0.15) is 44.1 Å². The van der Waals surface area contributed by atoms with Crippen molar-refractivity contribution in [2.75, 3.05) is 13.1 Å². The van der Waals surface area contributed by atoms with Gasteiger partial charge in [0.05, 0.1) is 23.0 Å². The first kappa shape index (κ1) is 22.0. The summed E-state index contributed by atoms with van der Waals surface area (Å²) in [6.45, 7) is 10.7. The molecule has 0 N–H and O–H groups in total. The van der Waals surface area contributed by atoms with Crippen molar-refractivity contribution >= 4 is 28.3 Å². The van der Waals surface area contributed by atoms with E-state index in [2.05, 4.69) is 16.2 Å². The lowest BCUT2D eigenvalue weighted by atomic mass is 9.99. The van der Waals surface area contributed by atoms with Crippen molar-refractivity contribution in [1.29, 1.82) is 0 Å². The van der Waals surface area contributed by atoms with Crippen LogP contribution in [0.4, 0.5) is 4.79 Å². The van der Waals surface area contributed by atoms with Gasteiger partial charge in [0, 0.05) is 31.0 Å². The number of fused-ring (bicyclic) bond motifs is 2. The molecule has 0 radical (unpaired) electrons. The fourth-order valence-electron chi connectivity index (χ4n) is 4.20. The molecular weight excluding hydrogens is 430 g/mol. The van der Waals surface area contributed by atoms with Crippen LogP contribution < -0.4 is 0 Å². The Morgan fingerprint density at radius 1 is 1.09 bits per heavy atom. The zero-order valence-corrected chi connectivity index (χ0v) is 20.1. The number of hydrogen-bond acceptors (Lipinski definition) is 5. The molecule has 174 valence electrons. The van der Waals surface area contributed by atoms with E-state index in [0.717, 1.165) is 45.5 Å². The van der Waals surface area contributed by atoms with Crippen molar-refractivity contribution in [2.45, 2.75) is 46.6 Å². The smallest absolute Gasteiger partial charge is 0.425 e. The quantitative estimate of drug-likeness (QED) is 0.371. The molecule has 0 fully saturated rings. The van der Waals surface area contributed by atoms with Gasteiger partial charge in [-0.25, -0.2) is 9.78 Å². The number of carbonyl (C=O) groups is 1. The monoisotopic (exact) mass is 458 g/mol. The summed E-state index contributed by atoms with van der Waals surface area (Å²) < 4.78 is 13.3. The van der Waals surface area contributed by atoms with Crippen molar-refractivity contribution in [3.8, 4) is 11.4 Å². The molecule has 4 heterocycles. The van der Waals surface area contributed by atoms with E-state index >= 15 is 0 Å².